The Labute approximate surface area is 123 Å². The van der Waals surface area contributed by atoms with Crippen LogP contribution in [0.5, 0.6) is 0 Å². The second kappa shape index (κ2) is 7.99. The number of hydrogen-bond donors (Lipinski definition) is 2. The topological polar surface area (TPSA) is 52.6 Å². The third-order valence-corrected chi connectivity index (χ3v) is 4.42. The van der Waals surface area contributed by atoms with Crippen molar-refractivity contribution in [2.45, 2.75) is 58.4 Å². The lowest BCUT2D eigenvalue weighted by Gasteiger charge is -2.37. The summed E-state index contributed by atoms with van der Waals surface area (Å²) in [6.07, 6.45) is 6.64. The number of carbonyl (C=O) groups excluding carboxylic acids is 1. The van der Waals surface area contributed by atoms with Crippen LogP contribution in [-0.2, 0) is 4.79 Å². The molecule has 0 heterocycles. The van der Waals surface area contributed by atoms with Crippen LogP contribution in [-0.4, -0.2) is 49.2 Å². The van der Waals surface area contributed by atoms with Crippen LogP contribution >= 0.6 is 0 Å². The van der Waals surface area contributed by atoms with Crippen molar-refractivity contribution in [1.29, 1.82) is 0 Å². The molecule has 0 spiro atoms. The Hall–Kier alpha value is -0.610. The van der Waals surface area contributed by atoms with Crippen LogP contribution < -0.4 is 5.32 Å². The van der Waals surface area contributed by atoms with Gasteiger partial charge >= 0.3 is 0 Å². The second-order valence-electron chi connectivity index (χ2n) is 7.01. The monoisotopic (exact) mass is 284 g/mol. The minimum atomic E-state index is -0.129. The quantitative estimate of drug-likeness (QED) is 0.752. The van der Waals surface area contributed by atoms with Crippen molar-refractivity contribution in [2.24, 2.45) is 11.3 Å². The number of aliphatic hydroxyl groups excluding tert-OH is 1. The minimum Gasteiger partial charge on any atom is -0.396 e. The molecule has 1 atom stereocenters. The standard InChI is InChI=1S/C16H32N2O2/c1-13(2)10-14(15(20)18(3)4)17-11-16(12-19)8-6-5-7-9-16/h13-14,17,19H,5-12H2,1-4H3. The number of aliphatic hydroxyl groups is 1. The van der Waals surface area contributed by atoms with Crippen LogP contribution in [0.25, 0.3) is 0 Å². The average molecular weight is 284 g/mol. The van der Waals surface area contributed by atoms with Gasteiger partial charge in [-0.05, 0) is 25.2 Å². The maximum Gasteiger partial charge on any atom is 0.239 e. The van der Waals surface area contributed by atoms with E-state index in [4.69, 9.17) is 0 Å². The summed E-state index contributed by atoms with van der Waals surface area (Å²) in [6.45, 7) is 5.26. The molecule has 118 valence electrons. The van der Waals surface area contributed by atoms with Crippen LogP contribution in [0.1, 0.15) is 52.4 Å². The molecule has 1 aliphatic carbocycles. The molecule has 4 nitrogen and oxygen atoms in total. The number of nitrogens with one attached hydrogen (secondary N) is 1. The van der Waals surface area contributed by atoms with E-state index in [-0.39, 0.29) is 24.0 Å². The number of likely N-dealkylation sites (N-methyl/N-ethyl adjacent to an activating group) is 1. The van der Waals surface area contributed by atoms with E-state index in [1.165, 1.54) is 19.3 Å². The fraction of sp³-hybridized carbons (Fsp3) is 0.938. The molecule has 20 heavy (non-hydrogen) atoms. The molecular weight excluding hydrogens is 252 g/mol. The lowest BCUT2D eigenvalue weighted by Crippen LogP contribution is -2.49. The molecule has 0 radical (unpaired) electrons. The van der Waals surface area contributed by atoms with Gasteiger partial charge in [0.1, 0.15) is 0 Å². The second-order valence-corrected chi connectivity index (χ2v) is 7.01. The Morgan fingerprint density at radius 1 is 1.25 bits per heavy atom. The van der Waals surface area contributed by atoms with Crippen molar-refractivity contribution in [2.75, 3.05) is 27.2 Å². The van der Waals surface area contributed by atoms with Crippen LogP contribution in [0.4, 0.5) is 0 Å². The molecule has 1 saturated carbocycles. The average Bonchev–Trinajstić information content (AvgIpc) is 2.43. The molecule has 4 heteroatoms. The van der Waals surface area contributed by atoms with Crippen molar-refractivity contribution >= 4 is 5.91 Å². The van der Waals surface area contributed by atoms with Gasteiger partial charge < -0.3 is 15.3 Å². The fourth-order valence-corrected chi connectivity index (χ4v) is 3.09. The summed E-state index contributed by atoms with van der Waals surface area (Å²) in [5.41, 5.74) is -0.0138. The van der Waals surface area contributed by atoms with Crippen LogP contribution in [0.2, 0.25) is 0 Å². The third kappa shape index (κ3) is 5.06. The molecule has 1 aliphatic rings. The lowest BCUT2D eigenvalue weighted by atomic mass is 9.74. The predicted molar refractivity (Wildman–Crippen MR) is 82.5 cm³/mol. The van der Waals surface area contributed by atoms with Gasteiger partial charge in [-0.1, -0.05) is 33.1 Å². The number of amides is 1. The SMILES string of the molecule is CC(C)CC(NCC1(CO)CCCCC1)C(=O)N(C)C. The van der Waals surface area contributed by atoms with Gasteiger partial charge in [0.15, 0.2) is 0 Å². The van der Waals surface area contributed by atoms with Crippen molar-refractivity contribution in [3.8, 4) is 0 Å². The minimum absolute atomic E-state index is 0.0138. The first-order valence-electron chi connectivity index (χ1n) is 7.95. The van der Waals surface area contributed by atoms with E-state index >= 15 is 0 Å². The molecule has 0 aromatic heterocycles. The third-order valence-electron chi connectivity index (χ3n) is 4.42. The first-order chi connectivity index (χ1) is 9.40. The van der Waals surface area contributed by atoms with E-state index in [0.29, 0.717) is 5.92 Å². The molecule has 0 bridgehead atoms. The summed E-state index contributed by atoms with van der Waals surface area (Å²) in [4.78, 5) is 13.9. The van der Waals surface area contributed by atoms with E-state index in [2.05, 4.69) is 19.2 Å². The zero-order valence-electron chi connectivity index (χ0n) is 13.6. The van der Waals surface area contributed by atoms with E-state index in [1.54, 1.807) is 19.0 Å². The summed E-state index contributed by atoms with van der Waals surface area (Å²) in [6, 6.07) is -0.129. The Balaban J connectivity index is 2.62. The van der Waals surface area contributed by atoms with Crippen LogP contribution in [0.15, 0.2) is 0 Å². The summed E-state index contributed by atoms with van der Waals surface area (Å²) < 4.78 is 0. The van der Waals surface area contributed by atoms with Gasteiger partial charge in [-0.3, -0.25) is 4.79 Å². The van der Waals surface area contributed by atoms with Gasteiger partial charge in [-0.2, -0.15) is 0 Å². The molecule has 0 aromatic carbocycles. The van der Waals surface area contributed by atoms with Gasteiger partial charge in [-0.25, -0.2) is 0 Å². The highest BCUT2D eigenvalue weighted by atomic mass is 16.3. The zero-order chi connectivity index (χ0) is 15.2. The molecule has 2 N–H and O–H groups in total. The Morgan fingerprint density at radius 3 is 2.30 bits per heavy atom. The molecule has 1 amide bonds. The predicted octanol–water partition coefficient (Wildman–Crippen LogP) is 2.02. The van der Waals surface area contributed by atoms with Crippen LogP contribution in [0.3, 0.4) is 0 Å². The fourth-order valence-electron chi connectivity index (χ4n) is 3.09. The maximum atomic E-state index is 12.2. The van der Waals surface area contributed by atoms with Crippen molar-refractivity contribution in [3.05, 3.63) is 0 Å². The molecular formula is C16H32N2O2. The summed E-state index contributed by atoms with van der Waals surface area (Å²) in [5.74, 6) is 0.621. The lowest BCUT2D eigenvalue weighted by molar-refractivity contribution is -0.131. The maximum absolute atomic E-state index is 12.2. The molecule has 0 aromatic rings. The summed E-state index contributed by atoms with van der Waals surface area (Å²) in [7, 11) is 3.61. The van der Waals surface area contributed by atoms with E-state index in [0.717, 1.165) is 25.8 Å². The summed E-state index contributed by atoms with van der Waals surface area (Å²) >= 11 is 0. The van der Waals surface area contributed by atoms with Crippen molar-refractivity contribution < 1.29 is 9.90 Å². The van der Waals surface area contributed by atoms with Crippen molar-refractivity contribution in [1.82, 2.24) is 10.2 Å². The van der Waals surface area contributed by atoms with Gasteiger partial charge in [0.2, 0.25) is 5.91 Å². The smallest absolute Gasteiger partial charge is 0.239 e. The van der Waals surface area contributed by atoms with Gasteiger partial charge in [0.05, 0.1) is 6.04 Å². The Bertz CT molecular complexity index is 297. The normalized spacial score (nSPS) is 19.9. The molecule has 1 fully saturated rings. The van der Waals surface area contributed by atoms with E-state index in [9.17, 15) is 9.90 Å². The van der Waals surface area contributed by atoms with Gasteiger partial charge in [-0.15, -0.1) is 0 Å². The largest absolute Gasteiger partial charge is 0.396 e. The highest BCUT2D eigenvalue weighted by molar-refractivity contribution is 5.81. The zero-order valence-corrected chi connectivity index (χ0v) is 13.6. The van der Waals surface area contributed by atoms with Gasteiger partial charge in [0, 0.05) is 32.7 Å². The highest BCUT2D eigenvalue weighted by Gasteiger charge is 2.33. The number of rotatable bonds is 7. The Morgan fingerprint density at radius 2 is 1.85 bits per heavy atom. The number of carbonyl (C=O) groups is 1. The first kappa shape index (κ1) is 17.4. The molecule has 1 unspecified atom stereocenters. The number of hydrogen-bond acceptors (Lipinski definition) is 3. The first-order valence-corrected chi connectivity index (χ1v) is 7.95. The van der Waals surface area contributed by atoms with E-state index < -0.39 is 0 Å². The van der Waals surface area contributed by atoms with Crippen LogP contribution in [0, 0.1) is 11.3 Å². The van der Waals surface area contributed by atoms with E-state index in [1.807, 2.05) is 0 Å². The van der Waals surface area contributed by atoms with Crippen molar-refractivity contribution in [3.63, 3.8) is 0 Å². The number of nitrogens with zero attached hydrogens (tertiary/aromatic N) is 1. The Kier molecular flexibility index (Phi) is 6.96. The molecule has 0 aliphatic heterocycles. The molecule has 0 saturated heterocycles. The highest BCUT2D eigenvalue weighted by Crippen LogP contribution is 2.35. The molecule has 1 rings (SSSR count). The summed E-state index contributed by atoms with van der Waals surface area (Å²) in [5, 5.41) is 13.2. The van der Waals surface area contributed by atoms with Gasteiger partial charge in [0.25, 0.3) is 0 Å².